The third-order valence-electron chi connectivity index (χ3n) is 2.64. The molecular weight excluding hydrogens is 254 g/mol. The van der Waals surface area contributed by atoms with Crippen molar-refractivity contribution in [3.05, 3.63) is 42.2 Å². The molecule has 0 bridgehead atoms. The predicted octanol–water partition coefficient (Wildman–Crippen LogP) is 2.08. The van der Waals surface area contributed by atoms with E-state index >= 15 is 0 Å². The summed E-state index contributed by atoms with van der Waals surface area (Å²) in [6.45, 7) is 4.28. The Hall–Kier alpha value is -2.50. The Balaban J connectivity index is 1.90. The first-order valence-corrected chi connectivity index (χ1v) is 6.42. The topological polar surface area (TPSA) is 79.8 Å². The van der Waals surface area contributed by atoms with Crippen LogP contribution in [-0.4, -0.2) is 21.1 Å². The number of hydrogen-bond acceptors (Lipinski definition) is 5. The first-order valence-electron chi connectivity index (χ1n) is 6.42. The van der Waals surface area contributed by atoms with Gasteiger partial charge in [-0.3, -0.25) is 9.78 Å². The summed E-state index contributed by atoms with van der Waals surface area (Å²) in [4.78, 5) is 15.5. The number of nitrogens with one attached hydrogen (secondary N) is 2. The summed E-state index contributed by atoms with van der Waals surface area (Å²) in [5, 5.41) is 13.8. The van der Waals surface area contributed by atoms with E-state index in [1.165, 1.54) is 0 Å². The van der Waals surface area contributed by atoms with Gasteiger partial charge in [-0.25, -0.2) is 0 Å². The van der Waals surface area contributed by atoms with Crippen LogP contribution in [0.1, 0.15) is 19.4 Å². The van der Waals surface area contributed by atoms with Gasteiger partial charge in [0.2, 0.25) is 5.91 Å². The second kappa shape index (κ2) is 6.60. The van der Waals surface area contributed by atoms with Gasteiger partial charge in [0.05, 0.1) is 0 Å². The lowest BCUT2D eigenvalue weighted by Crippen LogP contribution is -2.18. The van der Waals surface area contributed by atoms with E-state index in [-0.39, 0.29) is 11.8 Å². The standard InChI is InChI=1S/C14H17N5O/c1-10(2)14(20)17-13-6-5-12(18-19-13)16-9-11-4-3-7-15-8-11/h3-8,10H,9H2,1-2H3,(H,16,18)(H,17,19,20). The number of aromatic nitrogens is 3. The molecule has 0 aliphatic heterocycles. The number of hydrogen-bond donors (Lipinski definition) is 2. The van der Waals surface area contributed by atoms with Gasteiger partial charge in [-0.1, -0.05) is 19.9 Å². The Morgan fingerprint density at radius 1 is 1.20 bits per heavy atom. The van der Waals surface area contributed by atoms with Crippen molar-refractivity contribution < 1.29 is 4.79 Å². The molecule has 0 aliphatic carbocycles. The minimum absolute atomic E-state index is 0.0737. The van der Waals surface area contributed by atoms with Gasteiger partial charge in [-0.15, -0.1) is 10.2 Å². The van der Waals surface area contributed by atoms with Crippen LogP contribution in [0.15, 0.2) is 36.7 Å². The Kier molecular flexibility index (Phi) is 4.60. The van der Waals surface area contributed by atoms with Gasteiger partial charge in [0, 0.05) is 24.9 Å². The highest BCUT2D eigenvalue weighted by molar-refractivity contribution is 5.91. The SMILES string of the molecule is CC(C)C(=O)Nc1ccc(NCc2cccnc2)nn1. The van der Waals surface area contributed by atoms with E-state index in [4.69, 9.17) is 0 Å². The van der Waals surface area contributed by atoms with Gasteiger partial charge < -0.3 is 10.6 Å². The molecule has 0 saturated heterocycles. The zero-order valence-electron chi connectivity index (χ0n) is 11.5. The summed E-state index contributed by atoms with van der Waals surface area (Å²) in [5.41, 5.74) is 1.06. The fourth-order valence-corrected chi connectivity index (χ4v) is 1.46. The summed E-state index contributed by atoms with van der Waals surface area (Å²) in [6, 6.07) is 7.36. The molecule has 0 aliphatic rings. The molecule has 0 unspecified atom stereocenters. The number of pyridine rings is 1. The predicted molar refractivity (Wildman–Crippen MR) is 77.1 cm³/mol. The fourth-order valence-electron chi connectivity index (χ4n) is 1.46. The van der Waals surface area contributed by atoms with Crippen molar-refractivity contribution >= 4 is 17.5 Å². The van der Waals surface area contributed by atoms with Gasteiger partial charge in [0.15, 0.2) is 5.82 Å². The molecule has 2 aromatic heterocycles. The zero-order valence-corrected chi connectivity index (χ0v) is 11.5. The fraction of sp³-hybridized carbons (Fsp3) is 0.286. The van der Waals surface area contributed by atoms with Gasteiger partial charge in [-0.05, 0) is 23.8 Å². The molecule has 0 radical (unpaired) electrons. The number of amides is 1. The average Bonchev–Trinajstić information content (AvgIpc) is 2.47. The molecule has 6 heteroatoms. The molecule has 2 aromatic rings. The van der Waals surface area contributed by atoms with Crippen molar-refractivity contribution in [3.8, 4) is 0 Å². The van der Waals surface area contributed by atoms with Gasteiger partial charge >= 0.3 is 0 Å². The van der Waals surface area contributed by atoms with Crippen LogP contribution in [0.25, 0.3) is 0 Å². The van der Waals surface area contributed by atoms with Crippen LogP contribution in [0, 0.1) is 5.92 Å². The number of carbonyl (C=O) groups excluding carboxylic acids is 1. The molecule has 2 heterocycles. The maximum absolute atomic E-state index is 11.5. The molecule has 0 fully saturated rings. The lowest BCUT2D eigenvalue weighted by atomic mass is 10.2. The van der Waals surface area contributed by atoms with E-state index in [0.29, 0.717) is 18.2 Å². The largest absolute Gasteiger partial charge is 0.364 e. The van der Waals surface area contributed by atoms with Crippen molar-refractivity contribution in [2.24, 2.45) is 5.92 Å². The summed E-state index contributed by atoms with van der Waals surface area (Å²) < 4.78 is 0. The third-order valence-corrected chi connectivity index (χ3v) is 2.64. The zero-order chi connectivity index (χ0) is 14.4. The number of anilines is 2. The van der Waals surface area contributed by atoms with Crippen LogP contribution < -0.4 is 10.6 Å². The average molecular weight is 271 g/mol. The van der Waals surface area contributed by atoms with E-state index in [0.717, 1.165) is 5.56 Å². The third kappa shape index (κ3) is 4.01. The summed E-state index contributed by atoms with van der Waals surface area (Å²) in [7, 11) is 0. The molecule has 2 rings (SSSR count). The highest BCUT2D eigenvalue weighted by atomic mass is 16.1. The van der Waals surface area contributed by atoms with Crippen molar-refractivity contribution in [2.75, 3.05) is 10.6 Å². The summed E-state index contributed by atoms with van der Waals surface area (Å²) in [5.74, 6) is 0.947. The lowest BCUT2D eigenvalue weighted by molar-refractivity contribution is -0.118. The first-order chi connectivity index (χ1) is 9.65. The summed E-state index contributed by atoms with van der Waals surface area (Å²) >= 11 is 0. The molecule has 1 amide bonds. The first kappa shape index (κ1) is 13.9. The van der Waals surface area contributed by atoms with Crippen LogP contribution in [0.3, 0.4) is 0 Å². The van der Waals surface area contributed by atoms with E-state index in [9.17, 15) is 4.79 Å². The molecule has 20 heavy (non-hydrogen) atoms. The second-order valence-electron chi connectivity index (χ2n) is 4.66. The minimum Gasteiger partial charge on any atom is -0.364 e. The smallest absolute Gasteiger partial charge is 0.228 e. The normalized spacial score (nSPS) is 10.3. The van der Waals surface area contributed by atoms with Crippen LogP contribution in [0.4, 0.5) is 11.6 Å². The van der Waals surface area contributed by atoms with Crippen LogP contribution in [0.5, 0.6) is 0 Å². The maximum Gasteiger partial charge on any atom is 0.228 e. The monoisotopic (exact) mass is 271 g/mol. The number of nitrogens with zero attached hydrogens (tertiary/aromatic N) is 3. The molecule has 0 aromatic carbocycles. The van der Waals surface area contributed by atoms with Gasteiger partial charge in [0.25, 0.3) is 0 Å². The Labute approximate surface area is 117 Å². The Morgan fingerprint density at radius 3 is 2.55 bits per heavy atom. The van der Waals surface area contributed by atoms with Crippen LogP contribution in [0.2, 0.25) is 0 Å². The van der Waals surface area contributed by atoms with Gasteiger partial charge in [0.1, 0.15) is 5.82 Å². The van der Waals surface area contributed by atoms with E-state index in [2.05, 4.69) is 25.8 Å². The van der Waals surface area contributed by atoms with Crippen LogP contribution in [-0.2, 0) is 11.3 Å². The minimum atomic E-state index is -0.0832. The quantitative estimate of drug-likeness (QED) is 0.870. The van der Waals surface area contributed by atoms with E-state index in [1.54, 1.807) is 24.5 Å². The molecule has 0 atom stereocenters. The summed E-state index contributed by atoms with van der Waals surface area (Å²) in [6.07, 6.45) is 3.52. The van der Waals surface area contributed by atoms with Crippen LogP contribution >= 0.6 is 0 Å². The molecular formula is C14H17N5O. The Bertz CT molecular complexity index is 554. The molecule has 2 N–H and O–H groups in total. The Morgan fingerprint density at radius 2 is 1.95 bits per heavy atom. The molecule has 6 nitrogen and oxygen atoms in total. The molecule has 0 saturated carbocycles. The molecule has 104 valence electrons. The second-order valence-corrected chi connectivity index (χ2v) is 4.66. The van der Waals surface area contributed by atoms with Crippen molar-refractivity contribution in [1.29, 1.82) is 0 Å². The van der Waals surface area contributed by atoms with E-state index in [1.807, 2.05) is 26.0 Å². The van der Waals surface area contributed by atoms with E-state index < -0.39 is 0 Å². The highest BCUT2D eigenvalue weighted by Crippen LogP contribution is 2.08. The number of carbonyl (C=O) groups is 1. The van der Waals surface area contributed by atoms with Crippen molar-refractivity contribution in [3.63, 3.8) is 0 Å². The van der Waals surface area contributed by atoms with Crippen molar-refractivity contribution in [1.82, 2.24) is 15.2 Å². The van der Waals surface area contributed by atoms with Gasteiger partial charge in [-0.2, -0.15) is 0 Å². The molecule has 0 spiro atoms. The highest BCUT2D eigenvalue weighted by Gasteiger charge is 2.07. The maximum atomic E-state index is 11.5. The van der Waals surface area contributed by atoms with Crippen molar-refractivity contribution in [2.45, 2.75) is 20.4 Å². The lowest BCUT2D eigenvalue weighted by Gasteiger charge is -2.07. The number of rotatable bonds is 5.